The number of nitrogen functional groups attached to an aromatic ring is 1. The van der Waals surface area contributed by atoms with Crippen molar-refractivity contribution in [2.24, 2.45) is 5.73 Å². The van der Waals surface area contributed by atoms with Crippen LogP contribution in [0.25, 0.3) is 12.3 Å². The van der Waals surface area contributed by atoms with Crippen molar-refractivity contribution in [2.75, 3.05) is 12.3 Å². The van der Waals surface area contributed by atoms with Crippen LogP contribution in [0.2, 0.25) is 0 Å². The molecule has 2 atom stereocenters. The number of nitrogens with zero attached hydrogens (tertiary/aromatic N) is 2. The van der Waals surface area contributed by atoms with Gasteiger partial charge in [-0.1, -0.05) is 0 Å². The van der Waals surface area contributed by atoms with E-state index < -0.39 is 5.66 Å². The Morgan fingerprint density at radius 2 is 2.39 bits per heavy atom. The standard InChI is InChI=1S/C12H17N5O/c13-11-9-5-12(14,4-8-2-1-3-18-8)17-6-10(9)15-7-16-11/h5-8,17H,1-4,14H2,(H2,13,15,16)/t8-,12?/m0/s1. The minimum Gasteiger partial charge on any atom is -0.383 e. The molecule has 18 heavy (non-hydrogen) atoms. The SMILES string of the molecule is Nc1ncnc2c1=CC(N)(C[C@@H]1CCCO1)NC=2. The number of nitrogens with one attached hydrogen (secondary N) is 1. The molecule has 0 aliphatic carbocycles. The molecule has 0 bridgehead atoms. The lowest BCUT2D eigenvalue weighted by atomic mass is 9.98. The quantitative estimate of drug-likeness (QED) is 0.582. The number of hydrogen-bond donors (Lipinski definition) is 3. The van der Waals surface area contributed by atoms with E-state index in [2.05, 4.69) is 15.3 Å². The predicted octanol–water partition coefficient (Wildman–Crippen LogP) is -1.60. The van der Waals surface area contributed by atoms with Gasteiger partial charge in [0.15, 0.2) is 0 Å². The first-order valence-corrected chi connectivity index (χ1v) is 6.14. The lowest BCUT2D eigenvalue weighted by Crippen LogP contribution is -2.57. The van der Waals surface area contributed by atoms with Gasteiger partial charge >= 0.3 is 0 Å². The molecule has 1 unspecified atom stereocenters. The molecule has 1 saturated heterocycles. The third-order valence-electron chi connectivity index (χ3n) is 3.41. The number of nitrogens with two attached hydrogens (primary N) is 2. The van der Waals surface area contributed by atoms with E-state index in [4.69, 9.17) is 16.2 Å². The van der Waals surface area contributed by atoms with Gasteiger partial charge in [-0.15, -0.1) is 0 Å². The number of anilines is 1. The van der Waals surface area contributed by atoms with Gasteiger partial charge in [-0.2, -0.15) is 0 Å². The smallest absolute Gasteiger partial charge is 0.134 e. The number of fused-ring (bicyclic) bond motifs is 1. The van der Waals surface area contributed by atoms with E-state index in [1.165, 1.54) is 6.33 Å². The summed E-state index contributed by atoms with van der Waals surface area (Å²) in [6.07, 6.45) is 8.23. The second-order valence-corrected chi connectivity index (χ2v) is 4.87. The highest BCUT2D eigenvalue weighted by molar-refractivity contribution is 5.50. The van der Waals surface area contributed by atoms with Crippen molar-refractivity contribution in [2.45, 2.75) is 31.0 Å². The Labute approximate surface area is 105 Å². The van der Waals surface area contributed by atoms with E-state index in [0.717, 1.165) is 36.4 Å². The van der Waals surface area contributed by atoms with Crippen molar-refractivity contribution in [3.63, 3.8) is 0 Å². The highest BCUT2D eigenvalue weighted by atomic mass is 16.5. The number of rotatable bonds is 2. The molecular weight excluding hydrogens is 230 g/mol. The van der Waals surface area contributed by atoms with Gasteiger partial charge < -0.3 is 21.5 Å². The predicted molar refractivity (Wildman–Crippen MR) is 68.3 cm³/mol. The van der Waals surface area contributed by atoms with Gasteiger partial charge in [-0.05, 0) is 18.9 Å². The summed E-state index contributed by atoms with van der Waals surface area (Å²) in [5, 5.41) is 4.75. The van der Waals surface area contributed by atoms with E-state index in [0.29, 0.717) is 5.82 Å². The van der Waals surface area contributed by atoms with E-state index in [-0.39, 0.29) is 6.10 Å². The Hall–Kier alpha value is -1.66. The van der Waals surface area contributed by atoms with Gasteiger partial charge in [0.25, 0.3) is 0 Å². The summed E-state index contributed by atoms with van der Waals surface area (Å²) in [6.45, 7) is 0.826. The fourth-order valence-electron chi connectivity index (χ4n) is 2.49. The first kappa shape index (κ1) is 11.4. The van der Waals surface area contributed by atoms with Crippen molar-refractivity contribution in [1.29, 1.82) is 0 Å². The summed E-state index contributed by atoms with van der Waals surface area (Å²) in [7, 11) is 0. The van der Waals surface area contributed by atoms with E-state index in [1.54, 1.807) is 6.20 Å². The van der Waals surface area contributed by atoms with Crippen LogP contribution in [-0.2, 0) is 4.74 Å². The van der Waals surface area contributed by atoms with Crippen LogP contribution < -0.4 is 27.4 Å². The molecule has 6 nitrogen and oxygen atoms in total. The van der Waals surface area contributed by atoms with E-state index >= 15 is 0 Å². The van der Waals surface area contributed by atoms with Gasteiger partial charge in [-0.25, -0.2) is 9.97 Å². The van der Waals surface area contributed by atoms with Crippen LogP contribution in [0.4, 0.5) is 5.82 Å². The van der Waals surface area contributed by atoms with Crippen LogP contribution in [0.1, 0.15) is 19.3 Å². The number of aromatic nitrogens is 2. The maximum absolute atomic E-state index is 6.33. The molecule has 1 aromatic heterocycles. The first-order valence-electron chi connectivity index (χ1n) is 6.14. The molecule has 3 rings (SSSR count). The van der Waals surface area contributed by atoms with E-state index in [1.807, 2.05) is 6.08 Å². The van der Waals surface area contributed by atoms with Crippen LogP contribution in [0, 0.1) is 0 Å². The normalized spacial score (nSPS) is 29.9. The van der Waals surface area contributed by atoms with Crippen LogP contribution in [0.5, 0.6) is 0 Å². The number of hydrogen-bond acceptors (Lipinski definition) is 6. The zero-order chi connectivity index (χ0) is 12.6. The fourth-order valence-corrected chi connectivity index (χ4v) is 2.49. The molecule has 0 amide bonds. The topological polar surface area (TPSA) is 99.1 Å². The van der Waals surface area contributed by atoms with Crippen molar-refractivity contribution < 1.29 is 4.74 Å². The molecule has 1 aromatic rings. The lowest BCUT2D eigenvalue weighted by molar-refractivity contribution is 0.0898. The second kappa shape index (κ2) is 4.22. The average Bonchev–Trinajstić information content (AvgIpc) is 2.83. The minimum absolute atomic E-state index is 0.208. The zero-order valence-corrected chi connectivity index (χ0v) is 10.1. The van der Waals surface area contributed by atoms with Crippen LogP contribution in [0.15, 0.2) is 6.33 Å². The first-order chi connectivity index (χ1) is 8.66. The zero-order valence-electron chi connectivity index (χ0n) is 10.1. The van der Waals surface area contributed by atoms with Gasteiger partial charge in [0.05, 0.1) is 11.5 Å². The molecule has 2 aliphatic heterocycles. The second-order valence-electron chi connectivity index (χ2n) is 4.87. The van der Waals surface area contributed by atoms with Gasteiger partial charge in [0.2, 0.25) is 0 Å². The maximum Gasteiger partial charge on any atom is 0.134 e. The average molecular weight is 247 g/mol. The summed E-state index contributed by atoms with van der Waals surface area (Å²) in [5.41, 5.74) is 11.5. The van der Waals surface area contributed by atoms with Gasteiger partial charge in [-0.3, -0.25) is 0 Å². The molecule has 1 fully saturated rings. The van der Waals surface area contributed by atoms with Gasteiger partial charge in [0, 0.05) is 24.4 Å². The summed E-state index contributed by atoms with van der Waals surface area (Å²) in [5.74, 6) is 0.458. The molecule has 2 aliphatic rings. The Balaban J connectivity index is 1.93. The van der Waals surface area contributed by atoms with Crippen molar-refractivity contribution in [1.82, 2.24) is 15.3 Å². The monoisotopic (exact) mass is 247 g/mol. The largest absolute Gasteiger partial charge is 0.383 e. The maximum atomic E-state index is 6.33. The molecule has 0 saturated carbocycles. The van der Waals surface area contributed by atoms with Crippen molar-refractivity contribution in [3.05, 3.63) is 16.9 Å². The Bertz CT molecular complexity index is 566. The highest BCUT2D eigenvalue weighted by Gasteiger charge is 2.29. The Morgan fingerprint density at radius 3 is 3.17 bits per heavy atom. The lowest BCUT2D eigenvalue weighted by Gasteiger charge is -2.30. The van der Waals surface area contributed by atoms with Crippen LogP contribution >= 0.6 is 0 Å². The molecule has 5 N–H and O–H groups in total. The molecule has 6 heteroatoms. The van der Waals surface area contributed by atoms with Crippen LogP contribution in [0.3, 0.4) is 0 Å². The molecule has 3 heterocycles. The summed E-state index contributed by atoms with van der Waals surface area (Å²) >= 11 is 0. The third-order valence-corrected chi connectivity index (χ3v) is 3.41. The number of ether oxygens (including phenoxy) is 1. The molecule has 0 aromatic carbocycles. The summed E-state index contributed by atoms with van der Waals surface area (Å²) in [6, 6.07) is 0. The molecule has 0 spiro atoms. The Kier molecular flexibility index (Phi) is 2.68. The Morgan fingerprint density at radius 1 is 1.50 bits per heavy atom. The van der Waals surface area contributed by atoms with Gasteiger partial charge in [0.1, 0.15) is 17.8 Å². The van der Waals surface area contributed by atoms with Crippen molar-refractivity contribution >= 4 is 18.1 Å². The molecule has 96 valence electrons. The van der Waals surface area contributed by atoms with Crippen molar-refractivity contribution in [3.8, 4) is 0 Å². The molecule has 0 radical (unpaired) electrons. The fraction of sp³-hybridized carbons (Fsp3) is 0.500. The summed E-state index contributed by atoms with van der Waals surface area (Å²) in [4.78, 5) is 8.14. The van der Waals surface area contributed by atoms with E-state index in [9.17, 15) is 0 Å². The summed E-state index contributed by atoms with van der Waals surface area (Å²) < 4.78 is 5.62. The molecular formula is C12H17N5O. The third kappa shape index (κ3) is 2.04. The van der Waals surface area contributed by atoms with Crippen LogP contribution in [-0.4, -0.2) is 28.3 Å². The highest BCUT2D eigenvalue weighted by Crippen LogP contribution is 2.21. The minimum atomic E-state index is -0.638.